The second kappa shape index (κ2) is 6.19. The molecule has 0 aromatic carbocycles. The van der Waals surface area contributed by atoms with Gasteiger partial charge in [-0.15, -0.1) is 0 Å². The first kappa shape index (κ1) is 15.8. The van der Waals surface area contributed by atoms with Gasteiger partial charge in [0.2, 0.25) is 11.8 Å². The third-order valence-corrected chi connectivity index (χ3v) is 5.93. The summed E-state index contributed by atoms with van der Waals surface area (Å²) in [5, 5.41) is 3.46. The molecule has 0 aromatic rings. The van der Waals surface area contributed by atoms with Gasteiger partial charge in [-0.25, -0.2) is 0 Å². The summed E-state index contributed by atoms with van der Waals surface area (Å²) in [6, 6.07) is 0. The van der Waals surface area contributed by atoms with Gasteiger partial charge in [0.15, 0.2) is 0 Å². The Labute approximate surface area is 133 Å². The van der Waals surface area contributed by atoms with E-state index in [4.69, 9.17) is 0 Å². The minimum atomic E-state index is -0.198. The van der Waals surface area contributed by atoms with Crippen LogP contribution in [0, 0.1) is 11.8 Å². The standard InChI is InChI=1S/C17H29N3O2/c1-3-13(2)12-20-15(21)11-18-17(20)7-9-19(10-8-17)16(22)14-5-4-6-14/h13-14,18H,3-12H2,1-2H3. The molecule has 1 N–H and O–H groups in total. The molecule has 2 aliphatic heterocycles. The quantitative estimate of drug-likeness (QED) is 0.858. The van der Waals surface area contributed by atoms with E-state index in [-0.39, 0.29) is 17.5 Å². The number of amides is 2. The van der Waals surface area contributed by atoms with Gasteiger partial charge in [0.1, 0.15) is 0 Å². The molecule has 2 saturated heterocycles. The lowest BCUT2D eigenvalue weighted by Gasteiger charge is -2.46. The van der Waals surface area contributed by atoms with Crippen molar-refractivity contribution in [2.45, 2.75) is 58.0 Å². The Morgan fingerprint density at radius 1 is 1.36 bits per heavy atom. The molecule has 3 rings (SSSR count). The van der Waals surface area contributed by atoms with Crippen LogP contribution < -0.4 is 5.32 Å². The van der Waals surface area contributed by atoms with E-state index < -0.39 is 0 Å². The number of rotatable bonds is 4. The molecule has 1 saturated carbocycles. The molecule has 5 heteroatoms. The highest BCUT2D eigenvalue weighted by Crippen LogP contribution is 2.34. The first-order valence-corrected chi connectivity index (χ1v) is 8.90. The highest BCUT2D eigenvalue weighted by atomic mass is 16.2. The summed E-state index contributed by atoms with van der Waals surface area (Å²) < 4.78 is 0. The van der Waals surface area contributed by atoms with Gasteiger partial charge in [0.25, 0.3) is 0 Å². The molecule has 1 spiro atoms. The van der Waals surface area contributed by atoms with Crippen molar-refractivity contribution in [1.82, 2.24) is 15.1 Å². The zero-order chi connectivity index (χ0) is 15.7. The molecule has 0 aromatic heterocycles. The fourth-order valence-electron chi connectivity index (χ4n) is 3.84. The molecule has 2 heterocycles. The fraction of sp³-hybridized carbons (Fsp3) is 0.882. The van der Waals surface area contributed by atoms with Crippen LogP contribution in [0.2, 0.25) is 0 Å². The molecule has 3 fully saturated rings. The summed E-state index contributed by atoms with van der Waals surface area (Å²) >= 11 is 0. The SMILES string of the molecule is CCC(C)CN1C(=O)CNC12CCN(C(=O)C1CCC1)CC2. The molecule has 1 unspecified atom stereocenters. The summed E-state index contributed by atoms with van der Waals surface area (Å²) in [6.45, 7) is 7.23. The Morgan fingerprint density at radius 2 is 2.05 bits per heavy atom. The normalized spacial score (nSPS) is 26.4. The van der Waals surface area contributed by atoms with Crippen molar-refractivity contribution in [3.63, 3.8) is 0 Å². The highest BCUT2D eigenvalue weighted by Gasteiger charge is 2.47. The van der Waals surface area contributed by atoms with Gasteiger partial charge in [-0.3, -0.25) is 14.9 Å². The molecular weight excluding hydrogens is 278 g/mol. The van der Waals surface area contributed by atoms with Gasteiger partial charge in [-0.2, -0.15) is 0 Å². The van der Waals surface area contributed by atoms with Gasteiger partial charge in [-0.1, -0.05) is 26.7 Å². The average molecular weight is 307 g/mol. The van der Waals surface area contributed by atoms with Gasteiger partial charge in [-0.05, 0) is 18.8 Å². The van der Waals surface area contributed by atoms with E-state index in [1.807, 2.05) is 4.90 Å². The molecule has 5 nitrogen and oxygen atoms in total. The molecular formula is C17H29N3O2. The predicted octanol–water partition coefficient (Wildman–Crippen LogP) is 1.58. The Balaban J connectivity index is 1.62. The van der Waals surface area contributed by atoms with Crippen molar-refractivity contribution in [2.75, 3.05) is 26.2 Å². The van der Waals surface area contributed by atoms with E-state index >= 15 is 0 Å². The molecule has 124 valence electrons. The van der Waals surface area contributed by atoms with Gasteiger partial charge in [0.05, 0.1) is 12.2 Å². The minimum absolute atomic E-state index is 0.198. The lowest BCUT2D eigenvalue weighted by Crippen LogP contribution is -2.60. The molecule has 0 radical (unpaired) electrons. The van der Waals surface area contributed by atoms with Crippen molar-refractivity contribution in [2.24, 2.45) is 11.8 Å². The summed E-state index contributed by atoms with van der Waals surface area (Å²) in [5.74, 6) is 1.37. The van der Waals surface area contributed by atoms with E-state index in [9.17, 15) is 9.59 Å². The van der Waals surface area contributed by atoms with Crippen molar-refractivity contribution in [1.29, 1.82) is 0 Å². The molecule has 2 amide bonds. The van der Waals surface area contributed by atoms with Crippen LogP contribution >= 0.6 is 0 Å². The van der Waals surface area contributed by atoms with Crippen LogP contribution in [0.25, 0.3) is 0 Å². The summed E-state index contributed by atoms with van der Waals surface area (Å²) in [4.78, 5) is 28.7. The van der Waals surface area contributed by atoms with Crippen molar-refractivity contribution < 1.29 is 9.59 Å². The lowest BCUT2D eigenvalue weighted by atomic mass is 9.83. The molecule has 0 bridgehead atoms. The molecule has 22 heavy (non-hydrogen) atoms. The number of likely N-dealkylation sites (tertiary alicyclic amines) is 1. The first-order chi connectivity index (χ1) is 10.6. The average Bonchev–Trinajstić information content (AvgIpc) is 2.75. The van der Waals surface area contributed by atoms with E-state index in [0.29, 0.717) is 18.4 Å². The van der Waals surface area contributed by atoms with Crippen LogP contribution in [0.1, 0.15) is 52.4 Å². The Bertz CT molecular complexity index is 439. The van der Waals surface area contributed by atoms with Crippen molar-refractivity contribution >= 4 is 11.8 Å². The zero-order valence-corrected chi connectivity index (χ0v) is 13.9. The van der Waals surface area contributed by atoms with Crippen molar-refractivity contribution in [3.05, 3.63) is 0 Å². The zero-order valence-electron chi connectivity index (χ0n) is 13.9. The highest BCUT2D eigenvalue weighted by molar-refractivity contribution is 5.82. The van der Waals surface area contributed by atoms with Crippen LogP contribution in [0.3, 0.4) is 0 Å². The van der Waals surface area contributed by atoms with Crippen LogP contribution in [-0.4, -0.2) is 53.5 Å². The second-order valence-electron chi connectivity index (χ2n) is 7.36. The number of nitrogens with one attached hydrogen (secondary N) is 1. The van der Waals surface area contributed by atoms with Gasteiger partial charge in [0, 0.05) is 38.4 Å². The molecule has 3 aliphatic rings. The number of piperidine rings is 1. The number of carbonyl (C=O) groups is 2. The monoisotopic (exact) mass is 307 g/mol. The summed E-state index contributed by atoms with van der Waals surface area (Å²) in [5.41, 5.74) is -0.198. The van der Waals surface area contributed by atoms with E-state index in [1.165, 1.54) is 6.42 Å². The number of hydrogen-bond donors (Lipinski definition) is 1. The summed E-state index contributed by atoms with van der Waals surface area (Å²) in [6.07, 6.45) is 6.16. The van der Waals surface area contributed by atoms with Crippen LogP contribution in [0.15, 0.2) is 0 Å². The maximum Gasteiger partial charge on any atom is 0.238 e. The maximum atomic E-state index is 12.4. The second-order valence-corrected chi connectivity index (χ2v) is 7.36. The topological polar surface area (TPSA) is 52.7 Å². The number of carbonyl (C=O) groups excluding carboxylic acids is 2. The summed E-state index contributed by atoms with van der Waals surface area (Å²) in [7, 11) is 0. The van der Waals surface area contributed by atoms with Gasteiger partial charge >= 0.3 is 0 Å². The maximum absolute atomic E-state index is 12.4. The Kier molecular flexibility index (Phi) is 4.44. The van der Waals surface area contributed by atoms with E-state index in [1.54, 1.807) is 0 Å². The van der Waals surface area contributed by atoms with Gasteiger partial charge < -0.3 is 9.80 Å². The predicted molar refractivity (Wildman–Crippen MR) is 85.1 cm³/mol. The van der Waals surface area contributed by atoms with Crippen LogP contribution in [0.5, 0.6) is 0 Å². The van der Waals surface area contributed by atoms with E-state index in [2.05, 4.69) is 24.1 Å². The van der Waals surface area contributed by atoms with Crippen LogP contribution in [0.4, 0.5) is 0 Å². The Morgan fingerprint density at radius 3 is 2.59 bits per heavy atom. The lowest BCUT2D eigenvalue weighted by molar-refractivity contribution is -0.142. The smallest absolute Gasteiger partial charge is 0.238 e. The molecule has 1 atom stereocenters. The Hall–Kier alpha value is -1.10. The molecule has 1 aliphatic carbocycles. The number of hydrogen-bond acceptors (Lipinski definition) is 3. The third kappa shape index (κ3) is 2.75. The third-order valence-electron chi connectivity index (χ3n) is 5.93. The fourth-order valence-corrected chi connectivity index (χ4v) is 3.84. The minimum Gasteiger partial charge on any atom is -0.342 e. The van der Waals surface area contributed by atoms with E-state index in [0.717, 1.165) is 51.7 Å². The largest absolute Gasteiger partial charge is 0.342 e. The van der Waals surface area contributed by atoms with Crippen molar-refractivity contribution in [3.8, 4) is 0 Å². The number of nitrogens with zero attached hydrogens (tertiary/aromatic N) is 2. The first-order valence-electron chi connectivity index (χ1n) is 8.90. The van der Waals surface area contributed by atoms with Crippen LogP contribution in [-0.2, 0) is 9.59 Å².